The summed E-state index contributed by atoms with van der Waals surface area (Å²) in [5.41, 5.74) is 7.25. The fourth-order valence-corrected chi connectivity index (χ4v) is 2.52. The summed E-state index contributed by atoms with van der Waals surface area (Å²) >= 11 is 1.50. The van der Waals surface area contributed by atoms with Gasteiger partial charge in [-0.05, 0) is 17.5 Å². The molecule has 18 heavy (non-hydrogen) atoms. The molecule has 2 heterocycles. The summed E-state index contributed by atoms with van der Waals surface area (Å²) in [7, 11) is 0. The van der Waals surface area contributed by atoms with Crippen LogP contribution in [-0.4, -0.2) is 5.16 Å². The van der Waals surface area contributed by atoms with Crippen molar-refractivity contribution in [2.45, 2.75) is 0 Å². The number of hydrogen-bond donors (Lipinski definition) is 1. The molecular weight excluding hydrogens is 251 g/mol. The Labute approximate surface area is 107 Å². The van der Waals surface area contributed by atoms with Gasteiger partial charge in [0.1, 0.15) is 11.5 Å². The maximum absolute atomic E-state index is 13.8. The summed E-state index contributed by atoms with van der Waals surface area (Å²) in [5, 5.41) is 5.84. The average Bonchev–Trinajstić information content (AvgIpc) is 2.99. The number of hydrogen-bond acceptors (Lipinski definition) is 4. The minimum atomic E-state index is -0.342. The Kier molecular flexibility index (Phi) is 2.60. The monoisotopic (exact) mass is 260 g/mol. The van der Waals surface area contributed by atoms with E-state index in [0.717, 1.165) is 4.88 Å². The zero-order valence-electron chi connectivity index (χ0n) is 9.26. The smallest absolute Gasteiger partial charge is 0.230 e. The van der Waals surface area contributed by atoms with Gasteiger partial charge in [0.15, 0.2) is 0 Å². The lowest BCUT2D eigenvalue weighted by Crippen LogP contribution is -1.89. The number of anilines is 1. The third kappa shape index (κ3) is 1.69. The van der Waals surface area contributed by atoms with Gasteiger partial charge in [0.2, 0.25) is 5.88 Å². The number of thiophene rings is 1. The van der Waals surface area contributed by atoms with Crippen molar-refractivity contribution in [3.63, 3.8) is 0 Å². The summed E-state index contributed by atoms with van der Waals surface area (Å²) in [5.74, 6) is -0.214. The van der Waals surface area contributed by atoms with Crippen LogP contribution in [0.15, 0.2) is 46.3 Å². The highest BCUT2D eigenvalue weighted by Crippen LogP contribution is 2.38. The van der Waals surface area contributed by atoms with Crippen LogP contribution in [0.3, 0.4) is 0 Å². The van der Waals surface area contributed by atoms with Gasteiger partial charge in [0, 0.05) is 5.56 Å². The van der Waals surface area contributed by atoms with Gasteiger partial charge >= 0.3 is 0 Å². The highest BCUT2D eigenvalue weighted by Gasteiger charge is 2.20. The molecule has 0 fully saturated rings. The normalized spacial score (nSPS) is 10.7. The Hall–Kier alpha value is -2.14. The van der Waals surface area contributed by atoms with Crippen LogP contribution in [0.1, 0.15) is 0 Å². The molecule has 0 spiro atoms. The summed E-state index contributed by atoms with van der Waals surface area (Å²) < 4.78 is 18.8. The second-order valence-electron chi connectivity index (χ2n) is 3.73. The minimum absolute atomic E-state index is 0.128. The number of halogens is 1. The number of nitrogens with two attached hydrogens (primary N) is 1. The molecule has 3 rings (SSSR count). The van der Waals surface area contributed by atoms with Gasteiger partial charge in [-0.15, -0.1) is 11.3 Å². The van der Waals surface area contributed by atoms with Crippen LogP contribution in [0.5, 0.6) is 0 Å². The van der Waals surface area contributed by atoms with Gasteiger partial charge in [0.25, 0.3) is 0 Å². The molecule has 0 saturated heterocycles. The van der Waals surface area contributed by atoms with Gasteiger partial charge in [0.05, 0.1) is 10.4 Å². The molecule has 0 saturated carbocycles. The van der Waals surface area contributed by atoms with Crippen molar-refractivity contribution in [2.75, 3.05) is 5.73 Å². The molecule has 0 aliphatic heterocycles. The van der Waals surface area contributed by atoms with Crippen LogP contribution in [0.4, 0.5) is 10.3 Å². The third-order valence-electron chi connectivity index (χ3n) is 2.62. The standard InChI is InChI=1S/C13H9FN2OS/c14-9-5-2-1-4-8(9)11-12(16-17-13(11)15)10-6-3-7-18-10/h1-7H,15H2. The van der Waals surface area contributed by atoms with E-state index in [1.54, 1.807) is 18.2 Å². The van der Waals surface area contributed by atoms with E-state index in [-0.39, 0.29) is 11.7 Å². The van der Waals surface area contributed by atoms with Crippen molar-refractivity contribution in [2.24, 2.45) is 0 Å². The van der Waals surface area contributed by atoms with Crippen LogP contribution < -0.4 is 5.73 Å². The molecule has 1 aromatic carbocycles. The van der Waals surface area contributed by atoms with Crippen molar-refractivity contribution in [3.8, 4) is 21.7 Å². The van der Waals surface area contributed by atoms with Gasteiger partial charge in [-0.2, -0.15) is 0 Å². The first kappa shape index (κ1) is 11.0. The fraction of sp³-hybridized carbons (Fsp3) is 0. The van der Waals surface area contributed by atoms with Gasteiger partial charge in [-0.25, -0.2) is 4.39 Å². The molecule has 0 unspecified atom stereocenters. The first-order valence-electron chi connectivity index (χ1n) is 5.31. The van der Waals surface area contributed by atoms with E-state index in [2.05, 4.69) is 5.16 Å². The van der Waals surface area contributed by atoms with E-state index < -0.39 is 0 Å². The van der Waals surface area contributed by atoms with E-state index >= 15 is 0 Å². The predicted molar refractivity (Wildman–Crippen MR) is 69.6 cm³/mol. The van der Waals surface area contributed by atoms with E-state index in [9.17, 15) is 4.39 Å². The maximum Gasteiger partial charge on any atom is 0.230 e. The van der Waals surface area contributed by atoms with E-state index in [0.29, 0.717) is 16.8 Å². The topological polar surface area (TPSA) is 52.0 Å². The molecular formula is C13H9FN2OS. The maximum atomic E-state index is 13.8. The Bertz CT molecular complexity index is 676. The molecule has 0 aliphatic rings. The highest BCUT2D eigenvalue weighted by molar-refractivity contribution is 7.13. The van der Waals surface area contributed by atoms with Crippen molar-refractivity contribution in [1.29, 1.82) is 0 Å². The molecule has 0 atom stereocenters. The molecule has 2 aromatic heterocycles. The number of aromatic nitrogens is 1. The molecule has 5 heteroatoms. The Balaban J connectivity index is 2.24. The molecule has 0 bridgehead atoms. The second kappa shape index (κ2) is 4.27. The molecule has 2 N–H and O–H groups in total. The highest BCUT2D eigenvalue weighted by atomic mass is 32.1. The number of rotatable bonds is 2. The third-order valence-corrected chi connectivity index (χ3v) is 3.49. The number of nitrogen functional groups attached to an aromatic ring is 1. The summed E-state index contributed by atoms with van der Waals surface area (Å²) in [4.78, 5) is 0.897. The fourth-order valence-electron chi connectivity index (χ4n) is 1.81. The Morgan fingerprint density at radius 2 is 2.00 bits per heavy atom. The average molecular weight is 260 g/mol. The molecule has 3 aromatic rings. The molecule has 0 amide bonds. The summed E-state index contributed by atoms with van der Waals surface area (Å²) in [6, 6.07) is 10.2. The minimum Gasteiger partial charge on any atom is -0.367 e. The Morgan fingerprint density at radius 3 is 2.72 bits per heavy atom. The predicted octanol–water partition coefficient (Wildman–Crippen LogP) is 3.79. The van der Waals surface area contributed by atoms with Crippen molar-refractivity contribution in [3.05, 3.63) is 47.6 Å². The lowest BCUT2D eigenvalue weighted by atomic mass is 10.0. The van der Waals surface area contributed by atoms with Gasteiger partial charge in [-0.3, -0.25) is 0 Å². The van der Waals surface area contributed by atoms with Crippen molar-refractivity contribution < 1.29 is 8.91 Å². The summed E-state index contributed by atoms with van der Waals surface area (Å²) in [6.45, 7) is 0. The zero-order valence-corrected chi connectivity index (χ0v) is 10.1. The molecule has 0 aliphatic carbocycles. The number of nitrogens with zero attached hydrogens (tertiary/aromatic N) is 1. The van der Waals surface area contributed by atoms with Gasteiger partial charge in [-0.1, -0.05) is 29.4 Å². The first-order valence-corrected chi connectivity index (χ1v) is 6.19. The van der Waals surface area contributed by atoms with Gasteiger partial charge < -0.3 is 10.3 Å². The van der Waals surface area contributed by atoms with E-state index in [1.165, 1.54) is 17.4 Å². The zero-order chi connectivity index (χ0) is 12.5. The quantitative estimate of drug-likeness (QED) is 0.762. The molecule has 3 nitrogen and oxygen atoms in total. The van der Waals surface area contributed by atoms with E-state index in [4.69, 9.17) is 10.3 Å². The molecule has 0 radical (unpaired) electrons. The first-order chi connectivity index (χ1) is 8.77. The molecule has 90 valence electrons. The van der Waals surface area contributed by atoms with Crippen molar-refractivity contribution in [1.82, 2.24) is 5.16 Å². The van der Waals surface area contributed by atoms with Crippen LogP contribution >= 0.6 is 11.3 Å². The van der Waals surface area contributed by atoms with E-state index in [1.807, 2.05) is 17.5 Å². The van der Waals surface area contributed by atoms with Crippen LogP contribution in [0, 0.1) is 5.82 Å². The number of benzene rings is 1. The van der Waals surface area contributed by atoms with Crippen molar-refractivity contribution >= 4 is 17.2 Å². The second-order valence-corrected chi connectivity index (χ2v) is 4.68. The van der Waals surface area contributed by atoms with Crippen LogP contribution in [0.2, 0.25) is 0 Å². The largest absolute Gasteiger partial charge is 0.367 e. The van der Waals surface area contributed by atoms with Crippen LogP contribution in [-0.2, 0) is 0 Å². The lowest BCUT2D eigenvalue weighted by Gasteiger charge is -2.02. The SMILES string of the molecule is Nc1onc(-c2cccs2)c1-c1ccccc1F. The summed E-state index contributed by atoms with van der Waals surface area (Å²) in [6.07, 6.45) is 0. The lowest BCUT2D eigenvalue weighted by molar-refractivity contribution is 0.439. The Morgan fingerprint density at radius 1 is 1.17 bits per heavy atom. The van der Waals surface area contributed by atoms with Crippen LogP contribution in [0.25, 0.3) is 21.7 Å².